The fraction of sp³-hybridized carbons (Fsp3) is 0.500. The first-order chi connectivity index (χ1) is 11.8. The minimum Gasteiger partial charge on any atom is -0.354 e. The maximum absolute atomic E-state index is 12.5. The summed E-state index contributed by atoms with van der Waals surface area (Å²) in [7, 11) is -2.42. The summed E-state index contributed by atoms with van der Waals surface area (Å²) in [5.41, 5.74) is 0.506. The number of carbonyl (C=O) groups is 2. The van der Waals surface area contributed by atoms with Crippen LogP contribution in [0.4, 0.5) is 5.69 Å². The molecule has 10 heteroatoms. The van der Waals surface area contributed by atoms with Crippen LogP contribution in [0.5, 0.6) is 0 Å². The molecule has 3 N–H and O–H groups in total. The summed E-state index contributed by atoms with van der Waals surface area (Å²) < 4.78 is 25.9. The number of sulfonamides is 1. The molecule has 2 amide bonds. The molecule has 0 aliphatic heterocycles. The summed E-state index contributed by atoms with van der Waals surface area (Å²) in [6.07, 6.45) is 1.01. The minimum atomic E-state index is -3.77. The first kappa shape index (κ1) is 24.3. The SMILES string of the molecule is CCCNCCNC(=O)CN(C)S(=O)(=O)c1ccc(NC(C)=O)cc1.Cl. The van der Waals surface area contributed by atoms with Crippen LogP contribution in [0.2, 0.25) is 0 Å². The number of hydrogen-bond acceptors (Lipinski definition) is 5. The second-order valence-electron chi connectivity index (χ2n) is 5.57. The van der Waals surface area contributed by atoms with Gasteiger partial charge in [-0.1, -0.05) is 6.92 Å². The van der Waals surface area contributed by atoms with Crippen LogP contribution >= 0.6 is 12.4 Å². The molecule has 0 saturated heterocycles. The van der Waals surface area contributed by atoms with Gasteiger partial charge in [0.2, 0.25) is 21.8 Å². The Labute approximate surface area is 161 Å². The standard InChI is InChI=1S/C16H26N4O4S.ClH/c1-4-9-17-10-11-18-16(22)12-20(3)25(23,24)15-7-5-14(6-8-15)19-13(2)21;/h5-8,17H,4,9-12H2,1-3H3,(H,18,22)(H,19,21);1H. The van der Waals surface area contributed by atoms with Gasteiger partial charge in [-0.25, -0.2) is 8.42 Å². The average molecular weight is 407 g/mol. The average Bonchev–Trinajstić information content (AvgIpc) is 2.54. The van der Waals surface area contributed by atoms with Crippen molar-refractivity contribution < 1.29 is 18.0 Å². The smallest absolute Gasteiger partial charge is 0.243 e. The van der Waals surface area contributed by atoms with Gasteiger partial charge < -0.3 is 16.0 Å². The van der Waals surface area contributed by atoms with Gasteiger partial charge >= 0.3 is 0 Å². The van der Waals surface area contributed by atoms with E-state index in [0.29, 0.717) is 18.8 Å². The lowest BCUT2D eigenvalue weighted by molar-refractivity contribution is -0.121. The van der Waals surface area contributed by atoms with E-state index in [1.165, 1.54) is 38.2 Å². The summed E-state index contributed by atoms with van der Waals surface area (Å²) in [5.74, 6) is -0.600. The number of amides is 2. The highest BCUT2D eigenvalue weighted by molar-refractivity contribution is 7.89. The zero-order chi connectivity index (χ0) is 18.9. The molecule has 0 aromatic heterocycles. The molecule has 0 fully saturated rings. The van der Waals surface area contributed by atoms with Crippen LogP contribution in [0.15, 0.2) is 29.2 Å². The first-order valence-corrected chi connectivity index (χ1v) is 9.52. The maximum Gasteiger partial charge on any atom is 0.243 e. The van der Waals surface area contributed by atoms with Gasteiger partial charge in [0.15, 0.2) is 0 Å². The lowest BCUT2D eigenvalue weighted by atomic mass is 10.3. The second-order valence-corrected chi connectivity index (χ2v) is 7.61. The zero-order valence-corrected chi connectivity index (χ0v) is 16.9. The Hall–Kier alpha value is -1.68. The molecule has 0 aliphatic carbocycles. The van der Waals surface area contributed by atoms with E-state index in [0.717, 1.165) is 17.3 Å². The van der Waals surface area contributed by atoms with Crippen LogP contribution in [0.1, 0.15) is 20.3 Å². The van der Waals surface area contributed by atoms with Crippen LogP contribution < -0.4 is 16.0 Å². The van der Waals surface area contributed by atoms with E-state index in [2.05, 4.69) is 16.0 Å². The number of halogens is 1. The molecule has 0 radical (unpaired) electrons. The molecule has 1 aromatic carbocycles. The molecule has 1 aromatic rings. The predicted molar refractivity (Wildman–Crippen MR) is 104 cm³/mol. The van der Waals surface area contributed by atoms with Gasteiger partial charge in [0.1, 0.15) is 0 Å². The third-order valence-electron chi connectivity index (χ3n) is 3.30. The Morgan fingerprint density at radius 1 is 1.08 bits per heavy atom. The monoisotopic (exact) mass is 406 g/mol. The number of nitrogens with zero attached hydrogens (tertiary/aromatic N) is 1. The topological polar surface area (TPSA) is 108 Å². The van der Waals surface area contributed by atoms with Crippen molar-refractivity contribution in [2.24, 2.45) is 0 Å². The summed E-state index contributed by atoms with van der Waals surface area (Å²) in [6, 6.07) is 5.79. The van der Waals surface area contributed by atoms with E-state index < -0.39 is 10.0 Å². The number of benzene rings is 1. The zero-order valence-electron chi connectivity index (χ0n) is 15.2. The van der Waals surface area contributed by atoms with Gasteiger partial charge in [0.05, 0.1) is 11.4 Å². The van der Waals surface area contributed by atoms with E-state index >= 15 is 0 Å². The van der Waals surface area contributed by atoms with E-state index in [1.54, 1.807) is 0 Å². The predicted octanol–water partition coefficient (Wildman–Crippen LogP) is 0.803. The first-order valence-electron chi connectivity index (χ1n) is 8.08. The quantitative estimate of drug-likeness (QED) is 0.498. The van der Waals surface area contributed by atoms with Crippen molar-refractivity contribution in [3.63, 3.8) is 0 Å². The molecule has 0 aliphatic rings. The lowest BCUT2D eigenvalue weighted by Gasteiger charge is -2.17. The van der Waals surface area contributed by atoms with Crippen LogP contribution in [0.3, 0.4) is 0 Å². The molecule has 26 heavy (non-hydrogen) atoms. The minimum absolute atomic E-state index is 0. The number of hydrogen-bond donors (Lipinski definition) is 3. The fourth-order valence-electron chi connectivity index (χ4n) is 2.03. The Balaban J connectivity index is 0.00000625. The van der Waals surface area contributed by atoms with Gasteiger partial charge in [-0.3, -0.25) is 9.59 Å². The summed E-state index contributed by atoms with van der Waals surface area (Å²) >= 11 is 0. The van der Waals surface area contributed by atoms with Gasteiger partial charge in [0.25, 0.3) is 0 Å². The summed E-state index contributed by atoms with van der Waals surface area (Å²) in [6.45, 7) is 5.11. The van der Waals surface area contributed by atoms with Crippen molar-refractivity contribution in [2.75, 3.05) is 38.5 Å². The van der Waals surface area contributed by atoms with Crippen LogP contribution in [-0.2, 0) is 19.6 Å². The molecular weight excluding hydrogens is 380 g/mol. The number of likely N-dealkylation sites (N-methyl/N-ethyl adjacent to an activating group) is 1. The van der Waals surface area contributed by atoms with Gasteiger partial charge in [-0.2, -0.15) is 4.31 Å². The molecular formula is C16H27ClN4O4S. The van der Waals surface area contributed by atoms with Crippen LogP contribution in [0, 0.1) is 0 Å². The van der Waals surface area contributed by atoms with E-state index in [4.69, 9.17) is 0 Å². The fourth-order valence-corrected chi connectivity index (χ4v) is 3.16. The van der Waals surface area contributed by atoms with Gasteiger partial charge in [-0.15, -0.1) is 12.4 Å². The van der Waals surface area contributed by atoms with Crippen LogP contribution in [0.25, 0.3) is 0 Å². The molecule has 8 nitrogen and oxygen atoms in total. The van der Waals surface area contributed by atoms with Crippen molar-refractivity contribution in [1.29, 1.82) is 0 Å². The number of anilines is 1. The van der Waals surface area contributed by atoms with Gasteiger partial charge in [0, 0.05) is 32.7 Å². The van der Waals surface area contributed by atoms with E-state index in [1.807, 2.05) is 6.92 Å². The van der Waals surface area contributed by atoms with Crippen molar-refractivity contribution in [1.82, 2.24) is 14.9 Å². The second kappa shape index (κ2) is 11.8. The Bertz CT molecular complexity index is 680. The highest BCUT2D eigenvalue weighted by Crippen LogP contribution is 2.17. The Morgan fingerprint density at radius 2 is 1.69 bits per heavy atom. The number of carbonyl (C=O) groups excluding carboxylic acids is 2. The molecule has 0 bridgehead atoms. The Morgan fingerprint density at radius 3 is 2.23 bits per heavy atom. The van der Waals surface area contributed by atoms with E-state index in [9.17, 15) is 18.0 Å². The summed E-state index contributed by atoms with van der Waals surface area (Å²) in [5, 5.41) is 8.38. The number of nitrogens with one attached hydrogen (secondary N) is 3. The van der Waals surface area contributed by atoms with Crippen molar-refractivity contribution in [3.8, 4) is 0 Å². The largest absolute Gasteiger partial charge is 0.354 e. The van der Waals surface area contributed by atoms with E-state index in [-0.39, 0.29) is 35.7 Å². The van der Waals surface area contributed by atoms with Crippen LogP contribution in [-0.4, -0.2) is 57.8 Å². The molecule has 0 unspecified atom stereocenters. The van der Waals surface area contributed by atoms with Crippen molar-refractivity contribution >= 4 is 39.9 Å². The van der Waals surface area contributed by atoms with Crippen molar-refractivity contribution in [2.45, 2.75) is 25.2 Å². The normalized spacial score (nSPS) is 10.9. The molecule has 0 spiro atoms. The van der Waals surface area contributed by atoms with Gasteiger partial charge in [-0.05, 0) is 37.2 Å². The molecule has 148 valence electrons. The molecule has 0 heterocycles. The molecule has 0 atom stereocenters. The summed E-state index contributed by atoms with van der Waals surface area (Å²) in [4.78, 5) is 22.9. The Kier molecular flexibility index (Phi) is 11.1. The highest BCUT2D eigenvalue weighted by atomic mass is 35.5. The maximum atomic E-state index is 12.5. The third-order valence-corrected chi connectivity index (χ3v) is 5.12. The number of rotatable bonds is 10. The third kappa shape index (κ3) is 8.13. The molecule has 1 rings (SSSR count). The highest BCUT2D eigenvalue weighted by Gasteiger charge is 2.22. The van der Waals surface area contributed by atoms with Crippen molar-refractivity contribution in [3.05, 3.63) is 24.3 Å². The molecule has 0 saturated carbocycles. The lowest BCUT2D eigenvalue weighted by Crippen LogP contribution is -2.40.